The lowest BCUT2D eigenvalue weighted by Gasteiger charge is -2.14. The second kappa shape index (κ2) is 9.00. The standard InChI is InChI=1S/C13H24N2O2/c1-4-17-12(16)7-5-9-15-10-6-8-13(2,3)11-14/h15H,4-10H2,1-3H3. The molecule has 0 bridgehead atoms. The second-order valence-electron chi connectivity index (χ2n) is 4.76. The van der Waals surface area contributed by atoms with Crippen molar-refractivity contribution in [3.63, 3.8) is 0 Å². The highest BCUT2D eigenvalue weighted by Gasteiger charge is 2.15. The van der Waals surface area contributed by atoms with Crippen LogP contribution in [0.15, 0.2) is 0 Å². The van der Waals surface area contributed by atoms with Gasteiger partial charge in [0.2, 0.25) is 0 Å². The van der Waals surface area contributed by atoms with Crippen LogP contribution in [0.4, 0.5) is 0 Å². The second-order valence-corrected chi connectivity index (χ2v) is 4.76. The number of nitrogens with one attached hydrogen (secondary N) is 1. The molecule has 0 aliphatic carbocycles. The minimum atomic E-state index is -0.230. The Labute approximate surface area is 104 Å². The highest BCUT2D eigenvalue weighted by Crippen LogP contribution is 2.19. The van der Waals surface area contributed by atoms with Gasteiger partial charge in [0.25, 0.3) is 0 Å². The molecule has 0 aliphatic heterocycles. The van der Waals surface area contributed by atoms with Gasteiger partial charge in [-0.2, -0.15) is 5.26 Å². The lowest BCUT2D eigenvalue weighted by atomic mass is 9.90. The molecule has 0 fully saturated rings. The maximum absolute atomic E-state index is 11.0. The minimum Gasteiger partial charge on any atom is -0.466 e. The summed E-state index contributed by atoms with van der Waals surface area (Å²) in [5.41, 5.74) is -0.230. The Morgan fingerprint density at radius 1 is 1.35 bits per heavy atom. The molecule has 0 rings (SSSR count). The molecule has 0 aromatic carbocycles. The van der Waals surface area contributed by atoms with E-state index < -0.39 is 0 Å². The van der Waals surface area contributed by atoms with E-state index in [-0.39, 0.29) is 11.4 Å². The molecule has 0 unspecified atom stereocenters. The van der Waals surface area contributed by atoms with E-state index in [1.807, 2.05) is 20.8 Å². The number of nitrogens with zero attached hydrogens (tertiary/aromatic N) is 1. The number of carbonyl (C=O) groups excluding carboxylic acids is 1. The van der Waals surface area contributed by atoms with Gasteiger partial charge in [-0.15, -0.1) is 0 Å². The van der Waals surface area contributed by atoms with Gasteiger partial charge in [0.05, 0.1) is 18.1 Å². The molecule has 0 radical (unpaired) electrons. The van der Waals surface area contributed by atoms with Crippen molar-refractivity contribution in [2.24, 2.45) is 5.41 Å². The van der Waals surface area contributed by atoms with E-state index in [1.165, 1.54) is 0 Å². The smallest absolute Gasteiger partial charge is 0.305 e. The van der Waals surface area contributed by atoms with E-state index in [0.29, 0.717) is 13.0 Å². The molecular weight excluding hydrogens is 216 g/mol. The number of nitriles is 1. The first-order valence-electron chi connectivity index (χ1n) is 6.29. The summed E-state index contributed by atoms with van der Waals surface area (Å²) < 4.78 is 4.83. The van der Waals surface area contributed by atoms with Gasteiger partial charge in [-0.3, -0.25) is 4.79 Å². The third-order valence-corrected chi connectivity index (χ3v) is 2.50. The van der Waals surface area contributed by atoms with E-state index in [2.05, 4.69) is 11.4 Å². The molecule has 0 saturated heterocycles. The van der Waals surface area contributed by atoms with Crippen molar-refractivity contribution in [1.29, 1.82) is 5.26 Å². The first-order valence-corrected chi connectivity index (χ1v) is 6.29. The molecule has 0 amide bonds. The van der Waals surface area contributed by atoms with Crippen LogP contribution < -0.4 is 5.32 Å². The zero-order valence-electron chi connectivity index (χ0n) is 11.2. The van der Waals surface area contributed by atoms with Crippen LogP contribution >= 0.6 is 0 Å². The van der Waals surface area contributed by atoms with E-state index in [1.54, 1.807) is 0 Å². The quantitative estimate of drug-likeness (QED) is 0.496. The zero-order valence-corrected chi connectivity index (χ0v) is 11.2. The number of rotatable bonds is 9. The average molecular weight is 240 g/mol. The molecule has 4 heteroatoms. The van der Waals surface area contributed by atoms with Gasteiger partial charge in [0.15, 0.2) is 0 Å². The molecule has 0 aliphatic rings. The molecule has 4 nitrogen and oxygen atoms in total. The Kier molecular flexibility index (Phi) is 8.43. The minimum absolute atomic E-state index is 0.125. The van der Waals surface area contributed by atoms with Gasteiger partial charge in [0, 0.05) is 6.42 Å². The Morgan fingerprint density at radius 3 is 2.59 bits per heavy atom. The monoisotopic (exact) mass is 240 g/mol. The van der Waals surface area contributed by atoms with E-state index >= 15 is 0 Å². The van der Waals surface area contributed by atoms with Gasteiger partial charge in [-0.25, -0.2) is 0 Å². The third kappa shape index (κ3) is 9.83. The van der Waals surface area contributed by atoms with Crippen molar-refractivity contribution in [1.82, 2.24) is 5.32 Å². The first-order chi connectivity index (χ1) is 8.02. The van der Waals surface area contributed by atoms with Crippen LogP contribution in [0.1, 0.15) is 46.5 Å². The van der Waals surface area contributed by atoms with Crippen molar-refractivity contribution in [3.8, 4) is 6.07 Å². The first kappa shape index (κ1) is 15.9. The lowest BCUT2D eigenvalue weighted by Crippen LogP contribution is -2.20. The average Bonchev–Trinajstić information content (AvgIpc) is 2.28. The fourth-order valence-corrected chi connectivity index (χ4v) is 1.43. The molecule has 0 aromatic rings. The summed E-state index contributed by atoms with van der Waals surface area (Å²) in [6, 6.07) is 2.28. The van der Waals surface area contributed by atoms with E-state index in [4.69, 9.17) is 10.00 Å². The predicted molar refractivity (Wildman–Crippen MR) is 67.4 cm³/mol. The van der Waals surface area contributed by atoms with Gasteiger partial charge < -0.3 is 10.1 Å². The fraction of sp³-hybridized carbons (Fsp3) is 0.846. The topological polar surface area (TPSA) is 62.1 Å². The van der Waals surface area contributed by atoms with E-state index in [0.717, 1.165) is 32.4 Å². The van der Waals surface area contributed by atoms with Crippen molar-refractivity contribution < 1.29 is 9.53 Å². The molecule has 0 heterocycles. The normalized spacial score (nSPS) is 10.9. The molecular formula is C13H24N2O2. The maximum atomic E-state index is 11.0. The number of hydrogen-bond acceptors (Lipinski definition) is 4. The van der Waals surface area contributed by atoms with Gasteiger partial charge in [-0.1, -0.05) is 0 Å². The van der Waals surface area contributed by atoms with Crippen LogP contribution in [0.3, 0.4) is 0 Å². The van der Waals surface area contributed by atoms with Crippen LogP contribution in [0.25, 0.3) is 0 Å². The predicted octanol–water partition coefficient (Wildman–Crippen LogP) is 2.25. The Hall–Kier alpha value is -1.08. The van der Waals surface area contributed by atoms with Crippen molar-refractivity contribution in [2.45, 2.75) is 46.5 Å². The SMILES string of the molecule is CCOC(=O)CCCNCCCC(C)(C)C#N. The lowest BCUT2D eigenvalue weighted by molar-refractivity contribution is -0.143. The van der Waals surface area contributed by atoms with Crippen LogP contribution in [0.2, 0.25) is 0 Å². The van der Waals surface area contributed by atoms with E-state index in [9.17, 15) is 4.79 Å². The third-order valence-electron chi connectivity index (χ3n) is 2.50. The van der Waals surface area contributed by atoms with Gasteiger partial charge in [0.1, 0.15) is 0 Å². The number of carbonyl (C=O) groups is 1. The summed E-state index contributed by atoms with van der Waals surface area (Å²) in [5, 5.41) is 12.1. The molecule has 0 atom stereocenters. The summed E-state index contributed by atoms with van der Waals surface area (Å²) in [6.07, 6.45) is 3.17. The van der Waals surface area contributed by atoms with Gasteiger partial charge >= 0.3 is 5.97 Å². The largest absolute Gasteiger partial charge is 0.466 e. The van der Waals surface area contributed by atoms with Crippen molar-refractivity contribution in [2.75, 3.05) is 19.7 Å². The van der Waals surface area contributed by atoms with Crippen molar-refractivity contribution >= 4 is 5.97 Å². The summed E-state index contributed by atoms with van der Waals surface area (Å²) in [4.78, 5) is 11.0. The molecule has 98 valence electrons. The van der Waals surface area contributed by atoms with Gasteiger partial charge in [-0.05, 0) is 53.1 Å². The highest BCUT2D eigenvalue weighted by molar-refractivity contribution is 5.69. The van der Waals surface area contributed by atoms with Crippen LogP contribution in [-0.2, 0) is 9.53 Å². The summed E-state index contributed by atoms with van der Waals surface area (Å²) >= 11 is 0. The highest BCUT2D eigenvalue weighted by atomic mass is 16.5. The van der Waals surface area contributed by atoms with Crippen LogP contribution in [0, 0.1) is 16.7 Å². The van der Waals surface area contributed by atoms with Crippen LogP contribution in [0.5, 0.6) is 0 Å². The van der Waals surface area contributed by atoms with Crippen molar-refractivity contribution in [3.05, 3.63) is 0 Å². The Balaban J connectivity index is 3.31. The number of ether oxygens (including phenoxy) is 1. The summed E-state index contributed by atoms with van der Waals surface area (Å²) in [6.45, 7) is 7.89. The zero-order chi connectivity index (χ0) is 13.1. The van der Waals surface area contributed by atoms with Crippen LogP contribution in [-0.4, -0.2) is 25.7 Å². The summed E-state index contributed by atoms with van der Waals surface area (Å²) in [7, 11) is 0. The number of hydrogen-bond donors (Lipinski definition) is 1. The Morgan fingerprint density at radius 2 is 2.00 bits per heavy atom. The molecule has 17 heavy (non-hydrogen) atoms. The summed E-state index contributed by atoms with van der Waals surface area (Å²) in [5.74, 6) is -0.125. The Bertz CT molecular complexity index is 257. The number of esters is 1. The maximum Gasteiger partial charge on any atom is 0.305 e. The molecule has 0 spiro atoms. The molecule has 0 aromatic heterocycles. The molecule has 0 saturated carbocycles. The molecule has 1 N–H and O–H groups in total. The fourth-order valence-electron chi connectivity index (χ4n) is 1.43.